The molecule has 4 rings (SSSR count). The summed E-state index contributed by atoms with van der Waals surface area (Å²) in [6.45, 7) is 1.72. The molecular formula is C19H13ClN4O3. The molecule has 8 heteroatoms. The maximum Gasteiger partial charge on any atom is 0.279 e. The number of halogens is 1. The number of hydrogen-bond acceptors (Lipinski definition) is 5. The topological polar surface area (TPSA) is 90.0 Å². The molecule has 0 radical (unpaired) electrons. The molecule has 0 unspecified atom stereocenters. The van der Waals surface area contributed by atoms with Crippen LogP contribution < -0.4 is 10.9 Å². The zero-order chi connectivity index (χ0) is 19.0. The molecule has 134 valence electrons. The Morgan fingerprint density at radius 2 is 1.81 bits per heavy atom. The van der Waals surface area contributed by atoms with Crippen molar-refractivity contribution in [1.29, 1.82) is 0 Å². The first kappa shape index (κ1) is 17.0. The van der Waals surface area contributed by atoms with Crippen LogP contribution in [0.3, 0.4) is 0 Å². The fraction of sp³-hybridized carbons (Fsp3) is 0.0526. The Kier molecular flexibility index (Phi) is 4.21. The van der Waals surface area contributed by atoms with E-state index in [2.05, 4.69) is 15.6 Å². The number of carbonyl (C=O) groups excluding carboxylic acids is 1. The molecule has 0 atom stereocenters. The SMILES string of the molecule is Cc1cc(NC(=O)c2nn(-c3ccc(Cl)cc3)c(=O)c3ccccc23)no1. The lowest BCUT2D eigenvalue weighted by atomic mass is 10.1. The third-order valence-electron chi connectivity index (χ3n) is 3.96. The molecule has 27 heavy (non-hydrogen) atoms. The fourth-order valence-corrected chi connectivity index (χ4v) is 2.84. The molecule has 0 saturated carbocycles. The number of aryl methyl sites for hydroxylation is 1. The molecule has 0 aliphatic rings. The van der Waals surface area contributed by atoms with Gasteiger partial charge >= 0.3 is 0 Å². The minimum atomic E-state index is -0.498. The summed E-state index contributed by atoms with van der Waals surface area (Å²) < 4.78 is 6.14. The van der Waals surface area contributed by atoms with E-state index in [-0.39, 0.29) is 17.1 Å². The highest BCUT2D eigenvalue weighted by atomic mass is 35.5. The molecule has 0 saturated heterocycles. The van der Waals surface area contributed by atoms with Crippen molar-refractivity contribution < 1.29 is 9.32 Å². The van der Waals surface area contributed by atoms with Crippen LogP contribution in [0.1, 0.15) is 16.2 Å². The Hall–Kier alpha value is -3.45. The van der Waals surface area contributed by atoms with Crippen molar-refractivity contribution in [2.75, 3.05) is 5.32 Å². The first-order valence-electron chi connectivity index (χ1n) is 8.05. The van der Waals surface area contributed by atoms with E-state index in [0.717, 1.165) is 0 Å². The highest BCUT2D eigenvalue weighted by molar-refractivity contribution is 6.30. The molecule has 7 nitrogen and oxygen atoms in total. The Balaban J connectivity index is 1.88. The summed E-state index contributed by atoms with van der Waals surface area (Å²) in [6.07, 6.45) is 0. The second-order valence-electron chi connectivity index (χ2n) is 5.86. The molecule has 4 aromatic rings. The number of carbonyl (C=O) groups is 1. The number of amides is 1. The number of anilines is 1. The van der Waals surface area contributed by atoms with Crippen molar-refractivity contribution in [2.24, 2.45) is 0 Å². The zero-order valence-corrected chi connectivity index (χ0v) is 14.9. The summed E-state index contributed by atoms with van der Waals surface area (Å²) in [5, 5.41) is 12.0. The van der Waals surface area contributed by atoms with Crippen LogP contribution in [0.15, 0.2) is 63.9 Å². The standard InChI is InChI=1S/C19H13ClN4O3/c1-11-10-16(23-27-11)21-18(25)17-14-4-2-3-5-15(14)19(26)24(22-17)13-8-6-12(20)7-9-13/h2-10H,1H3,(H,21,23,25). The summed E-state index contributed by atoms with van der Waals surface area (Å²) in [6, 6.07) is 15.0. The van der Waals surface area contributed by atoms with Gasteiger partial charge in [-0.2, -0.15) is 9.78 Å². The third kappa shape index (κ3) is 3.20. The Labute approximate surface area is 158 Å². The van der Waals surface area contributed by atoms with E-state index < -0.39 is 5.91 Å². The van der Waals surface area contributed by atoms with E-state index in [1.165, 1.54) is 4.68 Å². The van der Waals surface area contributed by atoms with E-state index in [1.54, 1.807) is 61.5 Å². The quantitative estimate of drug-likeness (QED) is 0.586. The van der Waals surface area contributed by atoms with E-state index in [4.69, 9.17) is 16.1 Å². The van der Waals surface area contributed by atoms with Crippen LogP contribution in [0.2, 0.25) is 5.02 Å². The van der Waals surface area contributed by atoms with Crippen LogP contribution in [0, 0.1) is 6.92 Å². The van der Waals surface area contributed by atoms with Gasteiger partial charge in [0.15, 0.2) is 11.5 Å². The maximum atomic E-state index is 12.9. The first-order valence-corrected chi connectivity index (χ1v) is 8.43. The summed E-state index contributed by atoms with van der Waals surface area (Å²) in [5.41, 5.74) is 0.268. The lowest BCUT2D eigenvalue weighted by molar-refractivity contribution is 0.102. The zero-order valence-electron chi connectivity index (χ0n) is 14.1. The van der Waals surface area contributed by atoms with Gasteiger partial charge in [-0.25, -0.2) is 0 Å². The summed E-state index contributed by atoms with van der Waals surface area (Å²) >= 11 is 5.92. The van der Waals surface area contributed by atoms with Gasteiger partial charge in [0.25, 0.3) is 11.5 Å². The summed E-state index contributed by atoms with van der Waals surface area (Å²) in [5.74, 6) is 0.337. The number of fused-ring (bicyclic) bond motifs is 1. The van der Waals surface area contributed by atoms with Gasteiger partial charge in [-0.15, -0.1) is 0 Å². The normalized spacial score (nSPS) is 10.9. The van der Waals surface area contributed by atoms with Gasteiger partial charge in [0, 0.05) is 16.5 Å². The van der Waals surface area contributed by atoms with Crippen LogP contribution in [0.4, 0.5) is 5.82 Å². The highest BCUT2D eigenvalue weighted by Crippen LogP contribution is 2.18. The second kappa shape index (κ2) is 6.69. The smallest absolute Gasteiger partial charge is 0.279 e. The van der Waals surface area contributed by atoms with Gasteiger partial charge in [-0.3, -0.25) is 9.59 Å². The minimum absolute atomic E-state index is 0.0980. The molecular weight excluding hydrogens is 368 g/mol. The molecule has 2 aromatic heterocycles. The number of benzene rings is 2. The molecule has 0 bridgehead atoms. The molecule has 1 N–H and O–H groups in total. The van der Waals surface area contributed by atoms with Gasteiger partial charge in [0.2, 0.25) is 0 Å². The number of rotatable bonds is 3. The predicted molar refractivity (Wildman–Crippen MR) is 102 cm³/mol. The molecule has 2 heterocycles. The number of aromatic nitrogens is 3. The summed E-state index contributed by atoms with van der Waals surface area (Å²) in [4.78, 5) is 25.7. The van der Waals surface area contributed by atoms with Crippen LogP contribution in [0.5, 0.6) is 0 Å². The Morgan fingerprint density at radius 3 is 2.48 bits per heavy atom. The Morgan fingerprint density at radius 1 is 1.11 bits per heavy atom. The van der Waals surface area contributed by atoms with E-state index in [0.29, 0.717) is 27.2 Å². The van der Waals surface area contributed by atoms with Gasteiger partial charge in [-0.1, -0.05) is 35.0 Å². The van der Waals surface area contributed by atoms with Gasteiger partial charge in [0.1, 0.15) is 5.76 Å². The van der Waals surface area contributed by atoms with Crippen LogP contribution in [0.25, 0.3) is 16.5 Å². The predicted octanol–water partition coefficient (Wildman–Crippen LogP) is 3.59. The van der Waals surface area contributed by atoms with E-state index in [1.807, 2.05) is 0 Å². The largest absolute Gasteiger partial charge is 0.360 e. The molecule has 0 aliphatic carbocycles. The maximum absolute atomic E-state index is 12.9. The number of nitrogens with zero attached hydrogens (tertiary/aromatic N) is 3. The molecule has 1 amide bonds. The van der Waals surface area contributed by atoms with Crippen LogP contribution in [-0.2, 0) is 0 Å². The van der Waals surface area contributed by atoms with Gasteiger partial charge in [-0.05, 0) is 37.3 Å². The first-order chi connectivity index (χ1) is 13.0. The van der Waals surface area contributed by atoms with E-state index in [9.17, 15) is 9.59 Å². The average Bonchev–Trinajstić information content (AvgIpc) is 3.08. The van der Waals surface area contributed by atoms with Gasteiger partial charge in [0.05, 0.1) is 11.1 Å². The van der Waals surface area contributed by atoms with Crippen molar-refractivity contribution in [3.05, 3.63) is 81.4 Å². The lowest BCUT2D eigenvalue weighted by Gasteiger charge is -2.10. The van der Waals surface area contributed by atoms with Crippen molar-refractivity contribution >= 4 is 34.1 Å². The molecule has 0 spiro atoms. The molecule has 0 aliphatic heterocycles. The van der Waals surface area contributed by atoms with Crippen molar-refractivity contribution in [3.63, 3.8) is 0 Å². The van der Waals surface area contributed by atoms with Crippen LogP contribution in [-0.4, -0.2) is 20.8 Å². The number of hydrogen-bond donors (Lipinski definition) is 1. The molecule has 2 aromatic carbocycles. The lowest BCUT2D eigenvalue weighted by Crippen LogP contribution is -2.26. The van der Waals surface area contributed by atoms with Crippen LogP contribution >= 0.6 is 11.6 Å². The minimum Gasteiger partial charge on any atom is -0.360 e. The monoisotopic (exact) mass is 380 g/mol. The third-order valence-corrected chi connectivity index (χ3v) is 4.21. The summed E-state index contributed by atoms with van der Waals surface area (Å²) in [7, 11) is 0. The second-order valence-corrected chi connectivity index (χ2v) is 6.30. The average molecular weight is 381 g/mol. The molecule has 0 fully saturated rings. The highest BCUT2D eigenvalue weighted by Gasteiger charge is 2.18. The number of nitrogens with one attached hydrogen (secondary N) is 1. The van der Waals surface area contributed by atoms with Gasteiger partial charge < -0.3 is 9.84 Å². The fourth-order valence-electron chi connectivity index (χ4n) is 2.72. The van der Waals surface area contributed by atoms with Crippen molar-refractivity contribution in [1.82, 2.24) is 14.9 Å². The van der Waals surface area contributed by atoms with Crippen molar-refractivity contribution in [3.8, 4) is 5.69 Å². The Bertz CT molecular complexity index is 1210. The van der Waals surface area contributed by atoms with Crippen molar-refractivity contribution in [2.45, 2.75) is 6.92 Å². The van der Waals surface area contributed by atoms with E-state index >= 15 is 0 Å².